The molecule has 2 atom stereocenters. The lowest BCUT2D eigenvalue weighted by Crippen LogP contribution is -2.37. The third kappa shape index (κ3) is 3.04. The molecule has 0 aliphatic heterocycles. The minimum absolute atomic E-state index is 0.127. The lowest BCUT2D eigenvalue weighted by molar-refractivity contribution is -0.120. The predicted molar refractivity (Wildman–Crippen MR) is 67.4 cm³/mol. The molecule has 1 aliphatic carbocycles. The van der Waals surface area contributed by atoms with Crippen molar-refractivity contribution in [2.24, 2.45) is 11.7 Å². The zero-order valence-corrected chi connectivity index (χ0v) is 10.2. The van der Waals surface area contributed by atoms with Gasteiger partial charge in [0, 0.05) is 12.2 Å². The Bertz CT molecular complexity index is 424. The highest BCUT2D eigenvalue weighted by atomic mass is 19.1. The van der Waals surface area contributed by atoms with Gasteiger partial charge >= 0.3 is 0 Å². The highest BCUT2D eigenvalue weighted by Gasteiger charge is 2.27. The Morgan fingerprint density at radius 2 is 2.17 bits per heavy atom. The average Bonchev–Trinajstić information content (AvgIpc) is 2.57. The van der Waals surface area contributed by atoms with Gasteiger partial charge in [0.25, 0.3) is 0 Å². The Hall–Kier alpha value is -1.49. The summed E-state index contributed by atoms with van der Waals surface area (Å²) in [7, 11) is 0. The molecule has 1 saturated carbocycles. The molecule has 0 spiro atoms. The van der Waals surface area contributed by atoms with Gasteiger partial charge in [-0.05, 0) is 18.9 Å². The Labute approximate surface area is 106 Å². The summed E-state index contributed by atoms with van der Waals surface area (Å²) in [4.78, 5) is 15.7. The zero-order chi connectivity index (χ0) is 13.0. The number of carbonyl (C=O) groups excluding carboxylic acids is 1. The molecule has 1 amide bonds. The molecule has 1 aromatic heterocycles. The van der Waals surface area contributed by atoms with Gasteiger partial charge < -0.3 is 11.1 Å². The summed E-state index contributed by atoms with van der Waals surface area (Å²) in [6, 6.07) is 1.33. The minimum atomic E-state index is -0.520. The molecule has 1 aliphatic rings. The van der Waals surface area contributed by atoms with Gasteiger partial charge in [-0.25, -0.2) is 4.39 Å². The summed E-state index contributed by atoms with van der Waals surface area (Å²) in [6.07, 6.45) is 7.35. The molecule has 0 radical (unpaired) electrons. The van der Waals surface area contributed by atoms with Crippen molar-refractivity contribution in [3.63, 3.8) is 0 Å². The number of carbonyl (C=O) groups is 1. The van der Waals surface area contributed by atoms with Crippen LogP contribution in [0.4, 0.5) is 10.1 Å². The first-order valence-electron chi connectivity index (χ1n) is 6.34. The molecule has 2 unspecified atom stereocenters. The summed E-state index contributed by atoms with van der Waals surface area (Å²) >= 11 is 0. The maximum atomic E-state index is 13.4. The number of aromatic nitrogens is 1. The van der Waals surface area contributed by atoms with Crippen molar-refractivity contribution in [3.05, 3.63) is 24.3 Å². The number of halogens is 1. The van der Waals surface area contributed by atoms with Crippen LogP contribution in [-0.2, 0) is 4.79 Å². The van der Waals surface area contributed by atoms with Crippen molar-refractivity contribution in [1.29, 1.82) is 0 Å². The molecule has 0 bridgehead atoms. The predicted octanol–water partition coefficient (Wildman–Crippen LogP) is 2.07. The quantitative estimate of drug-likeness (QED) is 0.791. The maximum absolute atomic E-state index is 13.4. The number of nitrogens with two attached hydrogens (primary N) is 1. The zero-order valence-electron chi connectivity index (χ0n) is 10.2. The summed E-state index contributed by atoms with van der Waals surface area (Å²) in [6.45, 7) is 0. The van der Waals surface area contributed by atoms with Crippen LogP contribution in [-0.4, -0.2) is 16.9 Å². The van der Waals surface area contributed by atoms with Crippen LogP contribution >= 0.6 is 0 Å². The Morgan fingerprint density at radius 1 is 1.39 bits per heavy atom. The van der Waals surface area contributed by atoms with Crippen LogP contribution in [0.3, 0.4) is 0 Å². The Morgan fingerprint density at radius 3 is 2.94 bits per heavy atom. The second-order valence-corrected chi connectivity index (χ2v) is 4.75. The lowest BCUT2D eigenvalue weighted by atomic mass is 9.94. The molecular weight excluding hydrogens is 233 g/mol. The van der Waals surface area contributed by atoms with E-state index in [-0.39, 0.29) is 23.6 Å². The second-order valence-electron chi connectivity index (χ2n) is 4.75. The molecule has 0 aromatic carbocycles. The molecule has 2 rings (SSSR count). The van der Waals surface area contributed by atoms with Crippen LogP contribution in [0.25, 0.3) is 0 Å². The van der Waals surface area contributed by atoms with E-state index < -0.39 is 5.82 Å². The van der Waals surface area contributed by atoms with Gasteiger partial charge in [-0.2, -0.15) is 0 Å². The van der Waals surface area contributed by atoms with Crippen molar-refractivity contribution in [1.82, 2.24) is 4.98 Å². The molecule has 1 fully saturated rings. The molecule has 18 heavy (non-hydrogen) atoms. The Kier molecular flexibility index (Phi) is 4.25. The first-order chi connectivity index (χ1) is 8.68. The van der Waals surface area contributed by atoms with Gasteiger partial charge in [0.2, 0.25) is 5.91 Å². The number of hydrogen-bond acceptors (Lipinski definition) is 3. The van der Waals surface area contributed by atoms with Crippen LogP contribution < -0.4 is 11.1 Å². The fourth-order valence-electron chi connectivity index (χ4n) is 2.36. The molecular formula is C13H18FN3O. The molecule has 1 aromatic rings. The van der Waals surface area contributed by atoms with Gasteiger partial charge in [0.15, 0.2) is 5.82 Å². The highest BCUT2D eigenvalue weighted by molar-refractivity contribution is 5.93. The largest absolute Gasteiger partial charge is 0.327 e. The van der Waals surface area contributed by atoms with Crippen molar-refractivity contribution in [3.8, 4) is 0 Å². The van der Waals surface area contributed by atoms with Crippen LogP contribution in [0.2, 0.25) is 0 Å². The summed E-state index contributed by atoms with van der Waals surface area (Å²) in [5.41, 5.74) is 6.18. The van der Waals surface area contributed by atoms with Crippen LogP contribution in [0.1, 0.15) is 32.1 Å². The molecule has 1 heterocycles. The van der Waals surface area contributed by atoms with E-state index >= 15 is 0 Å². The van der Waals surface area contributed by atoms with E-state index in [1.165, 1.54) is 12.3 Å². The van der Waals surface area contributed by atoms with E-state index in [0.717, 1.165) is 38.3 Å². The fourth-order valence-corrected chi connectivity index (χ4v) is 2.36. The van der Waals surface area contributed by atoms with Gasteiger partial charge in [-0.15, -0.1) is 0 Å². The van der Waals surface area contributed by atoms with Crippen molar-refractivity contribution >= 4 is 11.6 Å². The third-order valence-electron chi connectivity index (χ3n) is 3.44. The SMILES string of the molecule is NC1CCCCCC1C(=O)Nc1ccncc1F. The molecule has 5 heteroatoms. The van der Waals surface area contributed by atoms with E-state index in [0.29, 0.717) is 0 Å². The maximum Gasteiger partial charge on any atom is 0.229 e. The fraction of sp³-hybridized carbons (Fsp3) is 0.538. The summed E-state index contributed by atoms with van der Waals surface area (Å²) in [5.74, 6) is -0.928. The van der Waals surface area contributed by atoms with Crippen LogP contribution in [0.5, 0.6) is 0 Å². The molecule has 4 nitrogen and oxygen atoms in total. The van der Waals surface area contributed by atoms with Gasteiger partial charge in [-0.1, -0.05) is 19.3 Å². The number of pyridine rings is 1. The van der Waals surface area contributed by atoms with E-state index in [9.17, 15) is 9.18 Å². The number of rotatable bonds is 2. The van der Waals surface area contributed by atoms with Crippen molar-refractivity contribution in [2.45, 2.75) is 38.1 Å². The monoisotopic (exact) mass is 251 g/mol. The first kappa shape index (κ1) is 13.0. The number of nitrogens with one attached hydrogen (secondary N) is 1. The Balaban J connectivity index is 2.04. The number of amides is 1. The summed E-state index contributed by atoms with van der Waals surface area (Å²) < 4.78 is 13.4. The van der Waals surface area contributed by atoms with Crippen molar-refractivity contribution < 1.29 is 9.18 Å². The van der Waals surface area contributed by atoms with E-state index in [2.05, 4.69) is 10.3 Å². The van der Waals surface area contributed by atoms with E-state index in [1.807, 2.05) is 0 Å². The van der Waals surface area contributed by atoms with Crippen LogP contribution in [0, 0.1) is 11.7 Å². The summed E-state index contributed by atoms with van der Waals surface area (Å²) in [5, 5.41) is 2.60. The number of anilines is 1. The smallest absolute Gasteiger partial charge is 0.229 e. The van der Waals surface area contributed by atoms with Gasteiger partial charge in [0.1, 0.15) is 0 Å². The molecule has 98 valence electrons. The lowest BCUT2D eigenvalue weighted by Gasteiger charge is -2.20. The number of nitrogens with zero attached hydrogens (tertiary/aromatic N) is 1. The van der Waals surface area contributed by atoms with Gasteiger partial charge in [0.05, 0.1) is 17.8 Å². The molecule has 3 N–H and O–H groups in total. The normalized spacial score (nSPS) is 24.3. The first-order valence-corrected chi connectivity index (χ1v) is 6.34. The van der Waals surface area contributed by atoms with Gasteiger partial charge in [-0.3, -0.25) is 9.78 Å². The minimum Gasteiger partial charge on any atom is -0.327 e. The van der Waals surface area contributed by atoms with E-state index in [4.69, 9.17) is 5.73 Å². The van der Waals surface area contributed by atoms with Crippen molar-refractivity contribution in [2.75, 3.05) is 5.32 Å². The topological polar surface area (TPSA) is 68.0 Å². The number of hydrogen-bond donors (Lipinski definition) is 2. The molecule has 0 saturated heterocycles. The third-order valence-corrected chi connectivity index (χ3v) is 3.44. The highest BCUT2D eigenvalue weighted by Crippen LogP contribution is 2.24. The second kappa shape index (κ2) is 5.91. The average molecular weight is 251 g/mol. The van der Waals surface area contributed by atoms with E-state index in [1.54, 1.807) is 0 Å². The standard InChI is InChI=1S/C13H18FN3O/c14-10-8-16-7-6-12(10)17-13(18)9-4-2-1-3-5-11(9)15/h6-9,11H,1-5,15H2,(H,16,17,18). The van der Waals surface area contributed by atoms with Crippen LogP contribution in [0.15, 0.2) is 18.5 Å².